The number of aryl methyl sites for hydroxylation is 1. The molecule has 1 N–H and O–H groups in total. The number of unbranched alkanes of at least 4 members (excludes halogenated alkanes) is 1. The summed E-state index contributed by atoms with van der Waals surface area (Å²) < 4.78 is 34.5. The molecule has 0 bridgehead atoms. The Morgan fingerprint density at radius 1 is 1.02 bits per heavy atom. The molecule has 2 amide bonds. The van der Waals surface area contributed by atoms with Crippen LogP contribution in [0.4, 0.5) is 5.82 Å². The molecule has 2 heterocycles. The molecule has 1 aliphatic heterocycles. The number of amides is 2. The summed E-state index contributed by atoms with van der Waals surface area (Å²) in [5, 5.41) is 3.85. The molecule has 0 radical (unpaired) electrons. The van der Waals surface area contributed by atoms with Gasteiger partial charge in [-0.1, -0.05) is 74.8 Å². The molecule has 1 fully saturated rings. The number of hydrogen-bond acceptors (Lipinski definition) is 7. The molecule has 0 spiro atoms. The second-order valence-electron chi connectivity index (χ2n) is 12.0. The van der Waals surface area contributed by atoms with Gasteiger partial charge in [0.1, 0.15) is 11.8 Å². The lowest BCUT2D eigenvalue weighted by atomic mass is 9.98. The fourth-order valence-electron chi connectivity index (χ4n) is 5.43. The number of nitrogens with one attached hydrogen (secondary N) is 1. The summed E-state index contributed by atoms with van der Waals surface area (Å²) in [7, 11) is -1.92. The van der Waals surface area contributed by atoms with Crippen LogP contribution >= 0.6 is 0 Å². The maximum Gasteiger partial charge on any atom is 0.263 e. The fourth-order valence-corrected chi connectivity index (χ4v) is 6.71. The molecule has 1 atom stereocenters. The Balaban J connectivity index is 1.60. The van der Waals surface area contributed by atoms with Crippen LogP contribution in [-0.4, -0.2) is 79.4 Å². The van der Waals surface area contributed by atoms with Crippen molar-refractivity contribution >= 4 is 27.7 Å². The molecule has 1 saturated heterocycles. The summed E-state index contributed by atoms with van der Waals surface area (Å²) in [6.07, 6.45) is 2.03. The summed E-state index contributed by atoms with van der Waals surface area (Å²) in [4.78, 5) is 33.4. The number of benzene rings is 2. The summed E-state index contributed by atoms with van der Waals surface area (Å²) in [6.45, 7) is 12.7. The zero-order valence-electron chi connectivity index (χ0n) is 26.7. The van der Waals surface area contributed by atoms with Crippen LogP contribution in [0.25, 0.3) is 11.1 Å². The van der Waals surface area contributed by atoms with Crippen molar-refractivity contribution in [1.82, 2.24) is 19.9 Å². The molecule has 238 valence electrons. The summed E-state index contributed by atoms with van der Waals surface area (Å²) in [6, 6.07) is 13.7. The molecule has 0 saturated carbocycles. The van der Waals surface area contributed by atoms with Gasteiger partial charge in [0.2, 0.25) is 11.8 Å². The van der Waals surface area contributed by atoms with Crippen LogP contribution in [0.5, 0.6) is 0 Å². The minimum atomic E-state index is -3.97. The molecule has 1 aromatic heterocycles. The Morgan fingerprint density at radius 2 is 1.68 bits per heavy atom. The topological polar surface area (TPSA) is 116 Å². The highest BCUT2D eigenvalue weighted by atomic mass is 32.2. The maximum atomic E-state index is 13.8. The molecule has 3 aromatic rings. The van der Waals surface area contributed by atoms with E-state index in [9.17, 15) is 18.0 Å². The smallest absolute Gasteiger partial charge is 0.263 e. The van der Waals surface area contributed by atoms with E-state index in [0.29, 0.717) is 42.0 Å². The van der Waals surface area contributed by atoms with E-state index in [4.69, 9.17) is 4.52 Å². The molecule has 11 heteroatoms. The predicted octanol–water partition coefficient (Wildman–Crippen LogP) is 5.08. The molecule has 2 aromatic carbocycles. The van der Waals surface area contributed by atoms with Crippen molar-refractivity contribution < 1.29 is 22.5 Å². The van der Waals surface area contributed by atoms with Gasteiger partial charge in [-0.15, -0.1) is 0 Å². The van der Waals surface area contributed by atoms with Crippen LogP contribution < -0.4 is 4.72 Å². The van der Waals surface area contributed by atoms with Crippen LogP contribution in [-0.2, 0) is 26.2 Å². The number of carbonyl (C=O) groups is 2. The Hall–Kier alpha value is -3.70. The number of rotatable bonds is 12. The number of hydrogen-bond donors (Lipinski definition) is 1. The standard InChI is InChI=1S/C33H45N5O5S/c1-7-8-13-30(39)38(31(23(2)3)33(40)37-20-18-36(6)19-21-37)22-26-14-16-27(17-15-26)28-11-9-10-12-29(28)44(41,42)35-32-24(4)25(5)43-34-32/h9-12,14-17,23,31H,7-8,13,18-22H2,1-6H3,(H,34,35). The van der Waals surface area contributed by atoms with Crippen molar-refractivity contribution in [2.45, 2.75) is 71.4 Å². The van der Waals surface area contributed by atoms with Gasteiger partial charge >= 0.3 is 0 Å². The Morgan fingerprint density at radius 3 is 2.27 bits per heavy atom. The number of likely N-dealkylation sites (N-methyl/N-ethyl adjacent to an activating group) is 1. The monoisotopic (exact) mass is 623 g/mol. The fraction of sp³-hybridized carbons (Fsp3) is 0.485. The Labute approximate surface area is 261 Å². The van der Waals surface area contributed by atoms with Crippen molar-refractivity contribution in [3.63, 3.8) is 0 Å². The van der Waals surface area contributed by atoms with Crippen LogP contribution in [0.3, 0.4) is 0 Å². The SMILES string of the molecule is CCCCC(=O)N(Cc1ccc(-c2ccccc2S(=O)(=O)Nc2noc(C)c2C)cc1)C(C(=O)N1CCN(C)CC1)C(C)C. The van der Waals surface area contributed by atoms with Crippen molar-refractivity contribution in [2.75, 3.05) is 37.9 Å². The third kappa shape index (κ3) is 7.68. The van der Waals surface area contributed by atoms with E-state index in [2.05, 4.69) is 21.8 Å². The van der Waals surface area contributed by atoms with Gasteiger partial charge in [0, 0.05) is 50.3 Å². The third-order valence-corrected chi connectivity index (χ3v) is 9.68. The van der Waals surface area contributed by atoms with E-state index >= 15 is 0 Å². The second-order valence-corrected chi connectivity index (χ2v) is 13.6. The van der Waals surface area contributed by atoms with Gasteiger partial charge in [0.25, 0.3) is 10.0 Å². The van der Waals surface area contributed by atoms with Crippen molar-refractivity contribution in [3.8, 4) is 11.1 Å². The second kappa shape index (κ2) is 14.4. The molecule has 44 heavy (non-hydrogen) atoms. The number of piperazine rings is 1. The maximum absolute atomic E-state index is 13.8. The third-order valence-electron chi connectivity index (χ3n) is 8.28. The molecule has 1 aliphatic rings. The first-order valence-corrected chi connectivity index (χ1v) is 16.8. The quantitative estimate of drug-likeness (QED) is 0.299. The van der Waals surface area contributed by atoms with Crippen molar-refractivity contribution in [3.05, 3.63) is 65.4 Å². The summed E-state index contributed by atoms with van der Waals surface area (Å²) in [5.41, 5.74) is 2.73. The van der Waals surface area contributed by atoms with Gasteiger partial charge in [-0.05, 0) is 50.4 Å². The minimum absolute atomic E-state index is 0.00116. The number of carbonyl (C=O) groups excluding carboxylic acids is 2. The zero-order valence-corrected chi connectivity index (χ0v) is 27.5. The average molecular weight is 624 g/mol. The lowest BCUT2D eigenvalue weighted by Crippen LogP contribution is -2.57. The predicted molar refractivity (Wildman–Crippen MR) is 171 cm³/mol. The normalized spacial score (nSPS) is 14.9. The molecule has 4 rings (SSSR count). The van der Waals surface area contributed by atoms with Crippen molar-refractivity contribution in [2.24, 2.45) is 5.92 Å². The highest BCUT2D eigenvalue weighted by Crippen LogP contribution is 2.30. The average Bonchev–Trinajstić information content (AvgIpc) is 3.31. The van der Waals surface area contributed by atoms with Gasteiger partial charge in [-0.3, -0.25) is 14.3 Å². The molecule has 0 aliphatic carbocycles. The molecule has 10 nitrogen and oxygen atoms in total. The highest BCUT2D eigenvalue weighted by Gasteiger charge is 2.36. The number of aromatic nitrogens is 1. The van der Waals surface area contributed by atoms with Crippen LogP contribution in [0.15, 0.2) is 57.9 Å². The lowest BCUT2D eigenvalue weighted by molar-refractivity contribution is -0.149. The Kier molecular flexibility index (Phi) is 10.9. The summed E-state index contributed by atoms with van der Waals surface area (Å²) in [5.74, 6) is 0.607. The van der Waals surface area contributed by atoms with Crippen molar-refractivity contribution in [1.29, 1.82) is 0 Å². The van der Waals surface area contributed by atoms with Crippen LogP contribution in [0.2, 0.25) is 0 Å². The first kappa shape index (κ1) is 33.2. The van der Waals surface area contributed by atoms with Crippen LogP contribution in [0.1, 0.15) is 56.9 Å². The number of anilines is 1. The Bertz CT molecular complexity index is 1540. The van der Waals surface area contributed by atoms with E-state index < -0.39 is 16.1 Å². The van der Waals surface area contributed by atoms with Gasteiger partial charge in [-0.2, -0.15) is 0 Å². The molecule has 1 unspecified atom stereocenters. The van der Waals surface area contributed by atoms with Gasteiger partial charge < -0.3 is 19.2 Å². The van der Waals surface area contributed by atoms with Gasteiger partial charge in [0.15, 0.2) is 5.82 Å². The molecular weight excluding hydrogens is 578 g/mol. The van der Waals surface area contributed by atoms with E-state index in [-0.39, 0.29) is 35.0 Å². The largest absolute Gasteiger partial charge is 0.359 e. The van der Waals surface area contributed by atoms with E-state index in [0.717, 1.165) is 31.5 Å². The van der Waals surface area contributed by atoms with E-state index in [1.165, 1.54) is 0 Å². The van der Waals surface area contributed by atoms with Gasteiger partial charge in [0.05, 0.1) is 4.90 Å². The summed E-state index contributed by atoms with van der Waals surface area (Å²) >= 11 is 0. The number of sulfonamides is 1. The zero-order chi connectivity index (χ0) is 32.0. The minimum Gasteiger partial charge on any atom is -0.359 e. The first-order valence-electron chi connectivity index (χ1n) is 15.3. The molecular formula is C33H45N5O5S. The highest BCUT2D eigenvalue weighted by molar-refractivity contribution is 7.92. The van der Waals surface area contributed by atoms with E-state index in [1.807, 2.05) is 49.9 Å². The van der Waals surface area contributed by atoms with Crippen LogP contribution in [0, 0.1) is 19.8 Å². The lowest BCUT2D eigenvalue weighted by Gasteiger charge is -2.40. The van der Waals surface area contributed by atoms with E-state index in [1.54, 1.807) is 43.0 Å². The number of nitrogens with zero attached hydrogens (tertiary/aromatic N) is 4. The van der Waals surface area contributed by atoms with Gasteiger partial charge in [-0.25, -0.2) is 8.42 Å². The first-order chi connectivity index (χ1) is 20.9.